The molecule has 4 rings (SSSR count). The SMILES string of the molecule is Cn1c(=O)c2[nH]cnc2n(C)c1=O.O=c1[nH]cnc2nc[nH]c12. The number of aryl methyl sites for hydroxylation is 1. The van der Waals surface area contributed by atoms with Gasteiger partial charge in [0.25, 0.3) is 11.1 Å². The third-order valence-corrected chi connectivity index (χ3v) is 3.26. The van der Waals surface area contributed by atoms with Crippen LogP contribution in [-0.4, -0.2) is 39.0 Å². The monoisotopic (exact) mass is 316 g/mol. The fourth-order valence-corrected chi connectivity index (χ4v) is 2.05. The van der Waals surface area contributed by atoms with Crippen LogP contribution in [0.1, 0.15) is 0 Å². The molecule has 0 aliphatic heterocycles. The van der Waals surface area contributed by atoms with Crippen molar-refractivity contribution < 1.29 is 0 Å². The van der Waals surface area contributed by atoms with E-state index in [2.05, 4.69) is 29.9 Å². The van der Waals surface area contributed by atoms with Crippen LogP contribution < -0.4 is 16.8 Å². The lowest BCUT2D eigenvalue weighted by Gasteiger charge is -2.00. The second-order valence-electron chi connectivity index (χ2n) is 4.64. The summed E-state index contributed by atoms with van der Waals surface area (Å²) in [6.07, 6.45) is 4.16. The van der Waals surface area contributed by atoms with Crippen LogP contribution >= 0.6 is 0 Å². The molecule has 0 fully saturated rings. The molecule has 0 atom stereocenters. The molecule has 11 heteroatoms. The van der Waals surface area contributed by atoms with Gasteiger partial charge in [0.2, 0.25) is 0 Å². The van der Waals surface area contributed by atoms with Gasteiger partial charge in [-0.1, -0.05) is 0 Å². The number of nitrogens with zero attached hydrogens (tertiary/aromatic N) is 5. The first kappa shape index (κ1) is 14.4. The largest absolute Gasteiger partial charge is 0.339 e. The van der Waals surface area contributed by atoms with Crippen molar-refractivity contribution >= 4 is 22.3 Å². The Kier molecular flexibility index (Phi) is 3.37. The van der Waals surface area contributed by atoms with Crippen LogP contribution in [0, 0.1) is 0 Å². The van der Waals surface area contributed by atoms with Crippen LogP contribution in [0.4, 0.5) is 0 Å². The van der Waals surface area contributed by atoms with Crippen molar-refractivity contribution in [3.63, 3.8) is 0 Å². The summed E-state index contributed by atoms with van der Waals surface area (Å²) in [6, 6.07) is 0. The van der Waals surface area contributed by atoms with Gasteiger partial charge in [-0.25, -0.2) is 19.7 Å². The van der Waals surface area contributed by atoms with Crippen LogP contribution in [-0.2, 0) is 14.1 Å². The lowest BCUT2D eigenvalue weighted by atomic mass is 10.5. The number of H-pyrrole nitrogens is 3. The summed E-state index contributed by atoms with van der Waals surface area (Å²) in [5.74, 6) is 0. The van der Waals surface area contributed by atoms with Crippen molar-refractivity contribution in [1.82, 2.24) is 39.0 Å². The molecule has 0 saturated heterocycles. The Bertz CT molecular complexity index is 1160. The molecule has 4 aromatic heterocycles. The highest BCUT2D eigenvalue weighted by Gasteiger charge is 2.08. The molecule has 0 aliphatic carbocycles. The second-order valence-corrected chi connectivity index (χ2v) is 4.64. The Labute approximate surface area is 126 Å². The van der Waals surface area contributed by atoms with Crippen molar-refractivity contribution in [3.8, 4) is 0 Å². The number of aromatic nitrogens is 8. The molecule has 0 bridgehead atoms. The summed E-state index contributed by atoms with van der Waals surface area (Å²) in [5.41, 5.74) is 0.687. The van der Waals surface area contributed by atoms with Gasteiger partial charge < -0.3 is 15.0 Å². The first-order valence-corrected chi connectivity index (χ1v) is 6.46. The van der Waals surface area contributed by atoms with E-state index in [-0.39, 0.29) is 16.8 Å². The van der Waals surface area contributed by atoms with Gasteiger partial charge in [-0.05, 0) is 0 Å². The smallest absolute Gasteiger partial charge is 0.332 e. The van der Waals surface area contributed by atoms with Gasteiger partial charge >= 0.3 is 5.69 Å². The lowest BCUT2D eigenvalue weighted by Crippen LogP contribution is -2.36. The number of hydrogen-bond acceptors (Lipinski definition) is 6. The summed E-state index contributed by atoms with van der Waals surface area (Å²) in [7, 11) is 3.01. The van der Waals surface area contributed by atoms with Crippen molar-refractivity contribution in [2.24, 2.45) is 14.1 Å². The highest BCUT2D eigenvalue weighted by molar-refractivity contribution is 5.68. The van der Waals surface area contributed by atoms with Crippen molar-refractivity contribution in [2.45, 2.75) is 0 Å². The fourth-order valence-electron chi connectivity index (χ4n) is 2.05. The number of hydrogen-bond donors (Lipinski definition) is 3. The standard InChI is InChI=1S/C7H8N4O2.C5H4N4O/c1-10-5-4(8-3-9-5)6(12)11(2)7(10)13;10-5-3-4(7-1-6-3)8-2-9-5/h3H,1-2H3,(H,8,9);1-2H,(H2,6,7,8,9,10). The first-order valence-electron chi connectivity index (χ1n) is 6.46. The molecule has 0 aromatic carbocycles. The van der Waals surface area contributed by atoms with Crippen LogP contribution in [0.25, 0.3) is 22.3 Å². The fraction of sp³-hybridized carbons (Fsp3) is 0.167. The van der Waals surface area contributed by atoms with Crippen LogP contribution in [0.2, 0.25) is 0 Å². The van der Waals surface area contributed by atoms with Gasteiger partial charge in [0.15, 0.2) is 16.8 Å². The molecule has 0 amide bonds. The highest BCUT2D eigenvalue weighted by atomic mass is 16.2. The zero-order valence-electron chi connectivity index (χ0n) is 12.2. The first-order chi connectivity index (χ1) is 11.0. The minimum absolute atomic E-state index is 0.192. The Morgan fingerprint density at radius 3 is 2.13 bits per heavy atom. The van der Waals surface area contributed by atoms with Gasteiger partial charge in [-0.15, -0.1) is 0 Å². The molecule has 0 unspecified atom stereocenters. The zero-order valence-corrected chi connectivity index (χ0v) is 12.2. The maximum absolute atomic E-state index is 11.4. The molecule has 4 heterocycles. The molecule has 118 valence electrons. The molecule has 3 N–H and O–H groups in total. The quantitative estimate of drug-likeness (QED) is 0.364. The minimum Gasteiger partial charge on any atom is -0.339 e. The Morgan fingerprint density at radius 1 is 0.826 bits per heavy atom. The van der Waals surface area contributed by atoms with Crippen molar-refractivity contribution in [3.05, 3.63) is 50.2 Å². The maximum Gasteiger partial charge on any atom is 0.332 e. The number of fused-ring (bicyclic) bond motifs is 2. The number of nitrogens with one attached hydrogen (secondary N) is 3. The highest BCUT2D eigenvalue weighted by Crippen LogP contribution is 1.97. The Hall–Kier alpha value is -3.50. The van der Waals surface area contributed by atoms with E-state index in [4.69, 9.17) is 0 Å². The summed E-state index contributed by atoms with van der Waals surface area (Å²) in [4.78, 5) is 52.9. The molecule has 0 saturated carbocycles. The third kappa shape index (κ3) is 2.33. The van der Waals surface area contributed by atoms with Gasteiger partial charge in [0, 0.05) is 14.1 Å². The van der Waals surface area contributed by atoms with E-state index in [1.807, 2.05) is 0 Å². The van der Waals surface area contributed by atoms with E-state index in [0.29, 0.717) is 22.3 Å². The molecule has 23 heavy (non-hydrogen) atoms. The number of imidazole rings is 2. The van der Waals surface area contributed by atoms with Crippen LogP contribution in [0.15, 0.2) is 33.4 Å². The molecule has 0 spiro atoms. The number of aromatic amines is 3. The second kappa shape index (κ2) is 5.36. The van der Waals surface area contributed by atoms with Gasteiger partial charge in [0.1, 0.15) is 5.52 Å². The summed E-state index contributed by atoms with van der Waals surface area (Å²) in [6.45, 7) is 0. The average molecular weight is 316 g/mol. The molecule has 11 nitrogen and oxygen atoms in total. The minimum atomic E-state index is -0.371. The topological polar surface area (TPSA) is 147 Å². The molecular formula is C12H12N8O3. The normalized spacial score (nSPS) is 10.7. The molecule has 0 aliphatic rings. The van der Waals surface area contributed by atoms with Gasteiger partial charge in [-0.3, -0.25) is 18.7 Å². The summed E-state index contributed by atoms with van der Waals surface area (Å²) in [5, 5.41) is 0. The predicted molar refractivity (Wildman–Crippen MR) is 81.1 cm³/mol. The van der Waals surface area contributed by atoms with Crippen molar-refractivity contribution in [2.75, 3.05) is 0 Å². The lowest BCUT2D eigenvalue weighted by molar-refractivity contribution is 0.709. The molecular weight excluding hydrogens is 304 g/mol. The van der Waals surface area contributed by atoms with E-state index in [1.165, 1.54) is 30.6 Å². The summed E-state index contributed by atoms with van der Waals surface area (Å²) >= 11 is 0. The van der Waals surface area contributed by atoms with E-state index in [0.717, 1.165) is 4.57 Å². The Balaban J connectivity index is 0.000000140. The maximum atomic E-state index is 11.4. The predicted octanol–water partition coefficient (Wildman–Crippen LogP) is -1.39. The van der Waals surface area contributed by atoms with E-state index >= 15 is 0 Å². The summed E-state index contributed by atoms with van der Waals surface area (Å²) < 4.78 is 2.37. The van der Waals surface area contributed by atoms with Gasteiger partial charge in [-0.2, -0.15) is 0 Å². The molecule has 0 radical (unpaired) electrons. The Morgan fingerprint density at radius 2 is 1.43 bits per heavy atom. The third-order valence-electron chi connectivity index (χ3n) is 3.26. The van der Waals surface area contributed by atoms with E-state index in [1.54, 1.807) is 7.05 Å². The zero-order chi connectivity index (χ0) is 16.6. The van der Waals surface area contributed by atoms with Gasteiger partial charge in [0.05, 0.1) is 19.0 Å². The van der Waals surface area contributed by atoms with Crippen molar-refractivity contribution in [1.29, 1.82) is 0 Å². The average Bonchev–Trinajstić information content (AvgIpc) is 3.21. The molecule has 4 aromatic rings. The number of rotatable bonds is 0. The van der Waals surface area contributed by atoms with Crippen LogP contribution in [0.3, 0.4) is 0 Å². The van der Waals surface area contributed by atoms with E-state index < -0.39 is 0 Å². The van der Waals surface area contributed by atoms with E-state index in [9.17, 15) is 14.4 Å². The van der Waals surface area contributed by atoms with Crippen LogP contribution in [0.5, 0.6) is 0 Å².